The average molecular weight is 484 g/mol. The predicted octanol–water partition coefficient (Wildman–Crippen LogP) is 4.42. The first-order valence-corrected chi connectivity index (χ1v) is 9.48. The van der Waals surface area contributed by atoms with E-state index in [0.29, 0.717) is 27.1 Å². The van der Waals surface area contributed by atoms with E-state index >= 15 is 0 Å². The molecule has 0 spiro atoms. The number of allylic oxidation sites excluding steroid dienone is 1. The third kappa shape index (κ3) is 6.55. The highest BCUT2D eigenvalue weighted by Crippen LogP contribution is 2.37. The van der Waals surface area contributed by atoms with Crippen LogP contribution in [0.4, 0.5) is 8.78 Å². The Labute approximate surface area is 181 Å². The first-order chi connectivity index (χ1) is 14.2. The standard InChI is InChI=1S/C21H20BrF2NO5/c1-25(2)19(27)12-29-20-16(22)10-13(11-18(20)28-3)4-9-17(26)14-5-7-15(8-6-14)30-21(23)24/h4-11,21H,12H2,1-3H3/b9-4+. The van der Waals surface area contributed by atoms with Crippen LogP contribution in [0.2, 0.25) is 0 Å². The number of carbonyl (C=O) groups is 2. The van der Waals surface area contributed by atoms with Crippen LogP contribution in [0, 0.1) is 0 Å². The molecule has 0 aliphatic heterocycles. The van der Waals surface area contributed by atoms with Crippen molar-refractivity contribution in [3.8, 4) is 17.2 Å². The largest absolute Gasteiger partial charge is 0.493 e. The highest BCUT2D eigenvalue weighted by molar-refractivity contribution is 9.10. The van der Waals surface area contributed by atoms with Gasteiger partial charge in [0.05, 0.1) is 11.6 Å². The molecule has 2 aromatic carbocycles. The molecule has 0 saturated carbocycles. The molecule has 0 aliphatic rings. The van der Waals surface area contributed by atoms with Gasteiger partial charge in [0.15, 0.2) is 23.9 Å². The Bertz CT molecular complexity index is 930. The van der Waals surface area contributed by atoms with Crippen molar-refractivity contribution in [2.75, 3.05) is 27.8 Å². The first-order valence-electron chi connectivity index (χ1n) is 8.69. The second kappa shape index (κ2) is 10.7. The first kappa shape index (κ1) is 23.3. The molecule has 0 aromatic heterocycles. The maximum atomic E-state index is 12.3. The number of likely N-dealkylation sites (N-methyl/N-ethyl adjacent to an activating group) is 1. The van der Waals surface area contributed by atoms with E-state index in [1.807, 2.05) is 0 Å². The summed E-state index contributed by atoms with van der Waals surface area (Å²) < 4.78 is 40.1. The Balaban J connectivity index is 2.13. The number of ketones is 1. The number of hydrogen-bond acceptors (Lipinski definition) is 5. The van der Waals surface area contributed by atoms with Crippen LogP contribution in [0.3, 0.4) is 0 Å². The summed E-state index contributed by atoms with van der Waals surface area (Å²) in [7, 11) is 4.72. The van der Waals surface area contributed by atoms with Gasteiger partial charge in [0.1, 0.15) is 5.75 Å². The molecule has 30 heavy (non-hydrogen) atoms. The molecule has 0 N–H and O–H groups in total. The number of carbonyl (C=O) groups excluding carboxylic acids is 2. The van der Waals surface area contributed by atoms with Gasteiger partial charge in [-0.1, -0.05) is 6.08 Å². The van der Waals surface area contributed by atoms with Gasteiger partial charge in [0.2, 0.25) is 0 Å². The number of halogens is 3. The fourth-order valence-corrected chi connectivity index (χ4v) is 2.88. The second-order valence-electron chi connectivity index (χ2n) is 6.21. The van der Waals surface area contributed by atoms with Crippen LogP contribution in [0.1, 0.15) is 15.9 Å². The zero-order valence-electron chi connectivity index (χ0n) is 16.5. The van der Waals surface area contributed by atoms with Gasteiger partial charge in [0.25, 0.3) is 5.91 Å². The van der Waals surface area contributed by atoms with E-state index in [1.54, 1.807) is 32.3 Å². The highest BCUT2D eigenvalue weighted by Gasteiger charge is 2.14. The highest BCUT2D eigenvalue weighted by atomic mass is 79.9. The zero-order valence-corrected chi connectivity index (χ0v) is 18.1. The van der Waals surface area contributed by atoms with E-state index in [4.69, 9.17) is 9.47 Å². The Morgan fingerprint density at radius 3 is 2.40 bits per heavy atom. The van der Waals surface area contributed by atoms with Gasteiger partial charge < -0.3 is 19.1 Å². The van der Waals surface area contributed by atoms with Gasteiger partial charge in [-0.3, -0.25) is 9.59 Å². The van der Waals surface area contributed by atoms with Gasteiger partial charge in [-0.25, -0.2) is 0 Å². The van der Waals surface area contributed by atoms with E-state index < -0.39 is 6.61 Å². The third-order valence-corrected chi connectivity index (χ3v) is 4.47. The Hall–Kier alpha value is -2.94. The minimum Gasteiger partial charge on any atom is -0.493 e. The number of rotatable bonds is 9. The van der Waals surface area contributed by atoms with Gasteiger partial charge in [-0.05, 0) is 64.0 Å². The third-order valence-electron chi connectivity index (χ3n) is 3.88. The molecule has 0 atom stereocenters. The van der Waals surface area contributed by atoms with Crippen LogP contribution < -0.4 is 14.2 Å². The molecular formula is C21H20BrF2NO5. The number of hydrogen-bond donors (Lipinski definition) is 0. The molecule has 1 amide bonds. The molecule has 9 heteroatoms. The van der Waals surface area contributed by atoms with Crippen LogP contribution in [0.25, 0.3) is 6.08 Å². The lowest BCUT2D eigenvalue weighted by atomic mass is 10.1. The van der Waals surface area contributed by atoms with Gasteiger partial charge in [-0.15, -0.1) is 0 Å². The Morgan fingerprint density at radius 2 is 1.83 bits per heavy atom. The summed E-state index contributed by atoms with van der Waals surface area (Å²) in [5, 5.41) is 0. The molecule has 2 aromatic rings. The number of amides is 1. The van der Waals surface area contributed by atoms with Crippen LogP contribution in [-0.4, -0.2) is 51.0 Å². The number of ether oxygens (including phenoxy) is 3. The predicted molar refractivity (Wildman–Crippen MR) is 111 cm³/mol. The normalized spacial score (nSPS) is 10.9. The fraction of sp³-hybridized carbons (Fsp3) is 0.238. The molecule has 0 heterocycles. The molecule has 0 bridgehead atoms. The summed E-state index contributed by atoms with van der Waals surface area (Å²) in [6.07, 6.45) is 2.92. The van der Waals surface area contributed by atoms with Gasteiger partial charge in [-0.2, -0.15) is 8.78 Å². The van der Waals surface area contributed by atoms with Crippen molar-refractivity contribution in [1.29, 1.82) is 0 Å². The van der Waals surface area contributed by atoms with Gasteiger partial charge >= 0.3 is 6.61 Å². The molecule has 2 rings (SSSR count). The second-order valence-corrected chi connectivity index (χ2v) is 7.07. The quantitative estimate of drug-likeness (QED) is 0.390. The lowest BCUT2D eigenvalue weighted by Crippen LogP contribution is -2.27. The van der Waals surface area contributed by atoms with Crippen molar-refractivity contribution in [3.05, 3.63) is 58.1 Å². The van der Waals surface area contributed by atoms with Crippen molar-refractivity contribution in [2.24, 2.45) is 0 Å². The summed E-state index contributed by atoms with van der Waals surface area (Å²) >= 11 is 3.38. The van der Waals surface area contributed by atoms with Crippen molar-refractivity contribution < 1.29 is 32.6 Å². The average Bonchev–Trinajstić information content (AvgIpc) is 2.70. The monoisotopic (exact) mass is 483 g/mol. The number of nitrogens with zero attached hydrogens (tertiary/aromatic N) is 1. The lowest BCUT2D eigenvalue weighted by Gasteiger charge is -2.15. The van der Waals surface area contributed by atoms with Crippen LogP contribution in [0.5, 0.6) is 17.2 Å². The van der Waals surface area contributed by atoms with Crippen molar-refractivity contribution >= 4 is 33.7 Å². The molecule has 0 saturated heterocycles. The molecule has 0 fully saturated rings. The minimum atomic E-state index is -2.92. The molecule has 0 radical (unpaired) electrons. The van der Waals surface area contributed by atoms with E-state index in [1.165, 1.54) is 42.4 Å². The van der Waals surface area contributed by atoms with Crippen molar-refractivity contribution in [1.82, 2.24) is 4.90 Å². The van der Waals surface area contributed by atoms with E-state index in [9.17, 15) is 18.4 Å². The Kier molecular flexibility index (Phi) is 8.35. The number of alkyl halides is 2. The van der Waals surface area contributed by atoms with Gasteiger partial charge in [0, 0.05) is 19.7 Å². The van der Waals surface area contributed by atoms with Crippen LogP contribution >= 0.6 is 15.9 Å². The van der Waals surface area contributed by atoms with Crippen molar-refractivity contribution in [2.45, 2.75) is 6.61 Å². The molecule has 160 valence electrons. The van der Waals surface area contributed by atoms with E-state index in [-0.39, 0.29) is 24.0 Å². The molecule has 6 nitrogen and oxygen atoms in total. The number of methoxy groups -OCH3 is 1. The van der Waals surface area contributed by atoms with E-state index in [0.717, 1.165) is 0 Å². The fourth-order valence-electron chi connectivity index (χ4n) is 2.31. The smallest absolute Gasteiger partial charge is 0.387 e. The topological polar surface area (TPSA) is 65.1 Å². The summed E-state index contributed by atoms with van der Waals surface area (Å²) in [4.78, 5) is 25.5. The SMILES string of the molecule is COc1cc(/C=C/C(=O)c2ccc(OC(F)F)cc2)cc(Br)c1OCC(=O)N(C)C. The zero-order chi connectivity index (χ0) is 22.3. The van der Waals surface area contributed by atoms with E-state index in [2.05, 4.69) is 20.7 Å². The van der Waals surface area contributed by atoms with Crippen molar-refractivity contribution in [3.63, 3.8) is 0 Å². The van der Waals surface area contributed by atoms with Crippen LogP contribution in [0.15, 0.2) is 46.9 Å². The summed E-state index contributed by atoms with van der Waals surface area (Å²) in [5.41, 5.74) is 0.970. The summed E-state index contributed by atoms with van der Waals surface area (Å²) in [6.45, 7) is -3.08. The number of benzene rings is 2. The molecule has 0 aliphatic carbocycles. The lowest BCUT2D eigenvalue weighted by molar-refractivity contribution is -0.130. The summed E-state index contributed by atoms with van der Waals surface area (Å²) in [5.74, 6) is 0.207. The van der Waals surface area contributed by atoms with Crippen LogP contribution in [-0.2, 0) is 4.79 Å². The maximum absolute atomic E-state index is 12.3. The maximum Gasteiger partial charge on any atom is 0.387 e. The molecule has 0 unspecified atom stereocenters. The molecular weight excluding hydrogens is 464 g/mol. The summed E-state index contributed by atoms with van der Waals surface area (Å²) in [6, 6.07) is 8.77. The minimum absolute atomic E-state index is 0.0254. The Morgan fingerprint density at radius 1 is 1.17 bits per heavy atom.